The number of amides is 4. The van der Waals surface area contributed by atoms with Gasteiger partial charge < -0.3 is 15.4 Å². The van der Waals surface area contributed by atoms with E-state index >= 15 is 0 Å². The number of nitrogens with one attached hydrogen (secondary N) is 2. The zero-order valence-electron chi connectivity index (χ0n) is 23.9. The maximum Gasteiger partial charge on any atom is 0.417 e. The summed E-state index contributed by atoms with van der Waals surface area (Å²) < 4.78 is 5.47. The number of carbonyl (C=O) groups excluding carboxylic acids is 4. The van der Waals surface area contributed by atoms with Crippen molar-refractivity contribution in [2.24, 2.45) is 26.7 Å². The lowest BCUT2D eigenvalue weighted by Crippen LogP contribution is -2.54. The largest absolute Gasteiger partial charge is 0.449 e. The molecule has 210 valence electrons. The lowest BCUT2D eigenvalue weighted by molar-refractivity contribution is -0.111. The van der Waals surface area contributed by atoms with E-state index in [9.17, 15) is 19.2 Å². The van der Waals surface area contributed by atoms with Crippen LogP contribution in [0.4, 0.5) is 9.59 Å². The summed E-state index contributed by atoms with van der Waals surface area (Å²) in [5, 5.41) is 5.93. The minimum Gasteiger partial charge on any atom is -0.449 e. The van der Waals surface area contributed by atoms with E-state index in [1.165, 1.54) is 4.90 Å². The van der Waals surface area contributed by atoms with Crippen molar-refractivity contribution >= 4 is 24.6 Å². The van der Waals surface area contributed by atoms with Crippen LogP contribution in [0, 0.1) is 21.7 Å². The van der Waals surface area contributed by atoms with Gasteiger partial charge in [-0.15, -0.1) is 0 Å². The van der Waals surface area contributed by atoms with Gasteiger partial charge in [-0.3, -0.25) is 4.79 Å². The van der Waals surface area contributed by atoms with Crippen LogP contribution in [0.3, 0.4) is 0 Å². The molecule has 2 N–H and O–H groups in total. The van der Waals surface area contributed by atoms with Gasteiger partial charge in [-0.2, -0.15) is 0 Å². The monoisotopic (exact) mass is 520 g/mol. The number of hydrogen-bond acceptors (Lipinski definition) is 6. The first kappa shape index (κ1) is 30.8. The number of imide groups is 1. The van der Waals surface area contributed by atoms with Crippen molar-refractivity contribution in [1.82, 2.24) is 15.5 Å². The normalized spacial score (nSPS) is 30.4. The van der Waals surface area contributed by atoms with Crippen LogP contribution < -0.4 is 10.6 Å². The van der Waals surface area contributed by atoms with Crippen LogP contribution in [-0.4, -0.2) is 61.3 Å². The number of carbonyl (C=O) groups is 3. The molecule has 4 atom stereocenters. The zero-order valence-corrected chi connectivity index (χ0v) is 23.9. The first-order valence-corrected chi connectivity index (χ1v) is 13.6. The van der Waals surface area contributed by atoms with Gasteiger partial charge in [0.15, 0.2) is 0 Å². The molecule has 0 aromatic carbocycles. The van der Waals surface area contributed by atoms with Crippen LogP contribution in [0.25, 0.3) is 0 Å². The van der Waals surface area contributed by atoms with E-state index in [0.29, 0.717) is 13.0 Å². The third-order valence-electron chi connectivity index (χ3n) is 7.80. The Bertz CT molecular complexity index is 869. The van der Waals surface area contributed by atoms with E-state index < -0.39 is 17.5 Å². The maximum atomic E-state index is 13.5. The Morgan fingerprint density at radius 1 is 1.03 bits per heavy atom. The summed E-state index contributed by atoms with van der Waals surface area (Å²) in [7, 11) is 0. The Morgan fingerprint density at radius 2 is 1.68 bits per heavy atom. The Balaban J connectivity index is 2.21. The minimum absolute atomic E-state index is 0.00639. The number of isocyanates is 1. The molecule has 9 heteroatoms. The lowest BCUT2D eigenvalue weighted by atomic mass is 9.62. The van der Waals surface area contributed by atoms with Gasteiger partial charge in [-0.25, -0.2) is 24.3 Å². The first-order chi connectivity index (χ1) is 17.2. The third kappa shape index (κ3) is 9.44. The number of rotatable bonds is 10. The van der Waals surface area contributed by atoms with Crippen molar-refractivity contribution in [3.8, 4) is 0 Å². The highest BCUT2D eigenvalue weighted by Gasteiger charge is 2.45. The molecule has 2 fully saturated rings. The van der Waals surface area contributed by atoms with Crippen LogP contribution >= 0.6 is 0 Å². The van der Waals surface area contributed by atoms with Gasteiger partial charge in [0.2, 0.25) is 12.5 Å². The highest BCUT2D eigenvalue weighted by molar-refractivity contribution is 5.91. The van der Waals surface area contributed by atoms with E-state index in [1.807, 2.05) is 13.8 Å². The molecule has 2 saturated carbocycles. The molecule has 0 saturated heterocycles. The van der Waals surface area contributed by atoms with Crippen molar-refractivity contribution in [2.45, 2.75) is 112 Å². The molecule has 0 aromatic heterocycles. The smallest absolute Gasteiger partial charge is 0.417 e. The molecule has 4 unspecified atom stereocenters. The highest BCUT2D eigenvalue weighted by atomic mass is 16.6. The second-order valence-corrected chi connectivity index (χ2v) is 13.7. The number of hydrogen-bond donors (Lipinski definition) is 2. The maximum absolute atomic E-state index is 13.5. The molecular weight excluding hydrogens is 472 g/mol. The number of nitrogens with zero attached hydrogens (tertiary/aromatic N) is 2. The third-order valence-corrected chi connectivity index (χ3v) is 7.80. The van der Waals surface area contributed by atoms with Crippen LogP contribution in [0.5, 0.6) is 0 Å². The van der Waals surface area contributed by atoms with Gasteiger partial charge in [0.1, 0.15) is 0 Å². The second kappa shape index (κ2) is 12.4. The second-order valence-electron chi connectivity index (χ2n) is 13.7. The van der Waals surface area contributed by atoms with Crippen molar-refractivity contribution in [1.29, 1.82) is 0 Å². The first-order valence-electron chi connectivity index (χ1n) is 13.6. The summed E-state index contributed by atoms with van der Waals surface area (Å²) in [5.74, 6) is 0. The van der Waals surface area contributed by atoms with E-state index in [2.05, 4.69) is 50.2 Å². The molecule has 4 amide bonds. The van der Waals surface area contributed by atoms with Crippen molar-refractivity contribution in [2.75, 3.05) is 19.7 Å². The fraction of sp³-hybridized carbons (Fsp3) is 0.857. The quantitative estimate of drug-likeness (QED) is 0.178. The summed E-state index contributed by atoms with van der Waals surface area (Å²) >= 11 is 0. The summed E-state index contributed by atoms with van der Waals surface area (Å²) in [6.45, 7) is 15.6. The van der Waals surface area contributed by atoms with Crippen LogP contribution in [0.1, 0.15) is 99.8 Å². The van der Waals surface area contributed by atoms with Gasteiger partial charge in [0, 0.05) is 19.1 Å². The molecule has 0 heterocycles. The molecule has 0 spiro atoms. The van der Waals surface area contributed by atoms with Gasteiger partial charge in [-0.1, -0.05) is 54.9 Å². The predicted octanol–water partition coefficient (Wildman–Crippen LogP) is 5.19. The Labute approximate surface area is 222 Å². The molecule has 0 radical (unpaired) electrons. The summed E-state index contributed by atoms with van der Waals surface area (Å²) in [6.07, 6.45) is 8.01. The van der Waals surface area contributed by atoms with Gasteiger partial charge in [0.05, 0.1) is 12.6 Å². The van der Waals surface area contributed by atoms with Gasteiger partial charge in [0.25, 0.3) is 0 Å². The molecule has 0 aliphatic heterocycles. The van der Waals surface area contributed by atoms with Gasteiger partial charge in [-0.05, 0) is 66.6 Å². The summed E-state index contributed by atoms with van der Waals surface area (Å²) in [6, 6.07) is -0.638. The number of ether oxygens (including phenoxy) is 1. The number of urea groups is 1. The standard InChI is InChI=1S/C28H48N4O5/c1-8-9-10-37-24(36)32(18-28(7)14-22(31-20-34)12-26(4,5)16-28)23(35)29-17-27(6)13-21(30-19-33)11-25(2,3)15-27/h19,21-22H,8-18H2,1-7H3,(H,29,35)(H,30,33). The molecule has 2 aliphatic rings. The van der Waals surface area contributed by atoms with E-state index in [-0.39, 0.29) is 41.5 Å². The molecule has 0 aromatic rings. The molecule has 2 rings (SSSR count). The van der Waals surface area contributed by atoms with Crippen LogP contribution in [0.2, 0.25) is 0 Å². The highest BCUT2D eigenvalue weighted by Crippen LogP contribution is 2.48. The Kier molecular flexibility index (Phi) is 10.3. The SMILES string of the molecule is CCCCOC(=O)N(CC1(C)CC(N=C=O)CC(C)(C)C1)C(=O)NCC1(C)CC(NC=O)CC(C)(C)C1. The topological polar surface area (TPSA) is 117 Å². The number of unbranched alkanes of at least 4 members (excludes halogenated alkanes) is 1. The summed E-state index contributed by atoms with van der Waals surface area (Å²) in [4.78, 5) is 53.9. The van der Waals surface area contributed by atoms with Crippen molar-refractivity contribution in [3.05, 3.63) is 0 Å². The average molecular weight is 521 g/mol. The van der Waals surface area contributed by atoms with Crippen LogP contribution in [-0.2, 0) is 14.3 Å². The van der Waals surface area contributed by atoms with E-state index in [1.54, 1.807) is 6.08 Å². The molecule has 2 aliphatic carbocycles. The molecule has 9 nitrogen and oxygen atoms in total. The van der Waals surface area contributed by atoms with E-state index in [0.717, 1.165) is 51.4 Å². The molecule has 0 bridgehead atoms. The predicted molar refractivity (Wildman–Crippen MR) is 143 cm³/mol. The zero-order chi connectivity index (χ0) is 27.9. The van der Waals surface area contributed by atoms with E-state index in [4.69, 9.17) is 4.74 Å². The van der Waals surface area contributed by atoms with Crippen molar-refractivity contribution in [3.63, 3.8) is 0 Å². The Morgan fingerprint density at radius 3 is 2.30 bits per heavy atom. The number of aliphatic imine (C=N–C) groups is 1. The fourth-order valence-corrected chi connectivity index (χ4v) is 7.21. The Hall–Kier alpha value is -2.41. The fourth-order valence-electron chi connectivity index (χ4n) is 7.21. The minimum atomic E-state index is -0.652. The van der Waals surface area contributed by atoms with Crippen molar-refractivity contribution < 1.29 is 23.9 Å². The molecule has 37 heavy (non-hydrogen) atoms. The summed E-state index contributed by atoms with van der Waals surface area (Å²) in [5.41, 5.74) is -0.763. The molecular formula is C28H48N4O5. The van der Waals surface area contributed by atoms with Gasteiger partial charge >= 0.3 is 12.1 Å². The van der Waals surface area contributed by atoms with Crippen LogP contribution in [0.15, 0.2) is 4.99 Å². The average Bonchev–Trinajstić information content (AvgIpc) is 2.74. The lowest BCUT2D eigenvalue weighted by Gasteiger charge is -2.47.